The lowest BCUT2D eigenvalue weighted by atomic mass is 10.1. The Bertz CT molecular complexity index is 1270. The fraction of sp³-hybridized carbons (Fsp3) is 0.217. The topological polar surface area (TPSA) is 101 Å². The maximum Gasteiger partial charge on any atom is 0.262 e. The summed E-state index contributed by atoms with van der Waals surface area (Å²) in [4.78, 5) is 16.5. The SMILES string of the molecule is O=C(CCc1ccc(-c2ccccc2F)o1)Nc1cccc(S(=O)(=O)NC2=NCCC2)c1. The summed E-state index contributed by atoms with van der Waals surface area (Å²) in [5, 5.41) is 2.70. The van der Waals surface area contributed by atoms with Gasteiger partial charge in [-0.2, -0.15) is 0 Å². The van der Waals surface area contributed by atoms with Gasteiger partial charge in [0.2, 0.25) is 5.91 Å². The molecule has 1 aromatic heterocycles. The number of rotatable bonds is 7. The molecule has 0 spiro atoms. The van der Waals surface area contributed by atoms with Gasteiger partial charge < -0.3 is 9.73 Å². The van der Waals surface area contributed by atoms with Crippen LogP contribution in [0.3, 0.4) is 0 Å². The largest absolute Gasteiger partial charge is 0.461 e. The highest BCUT2D eigenvalue weighted by atomic mass is 32.2. The Labute approximate surface area is 185 Å². The summed E-state index contributed by atoms with van der Waals surface area (Å²) in [5.74, 6) is 0.728. The molecule has 1 amide bonds. The molecular weight excluding hydrogens is 433 g/mol. The predicted molar refractivity (Wildman–Crippen MR) is 119 cm³/mol. The van der Waals surface area contributed by atoms with E-state index < -0.39 is 10.0 Å². The van der Waals surface area contributed by atoms with Crippen molar-refractivity contribution in [2.24, 2.45) is 4.99 Å². The minimum atomic E-state index is -3.76. The Morgan fingerprint density at radius 2 is 1.94 bits per heavy atom. The fourth-order valence-corrected chi connectivity index (χ4v) is 4.49. The number of hydrogen-bond donors (Lipinski definition) is 2. The molecule has 0 unspecified atom stereocenters. The molecule has 2 aromatic carbocycles. The lowest BCUT2D eigenvalue weighted by molar-refractivity contribution is -0.116. The number of hydrogen-bond acceptors (Lipinski definition) is 5. The zero-order valence-electron chi connectivity index (χ0n) is 17.2. The molecule has 2 heterocycles. The second-order valence-electron chi connectivity index (χ2n) is 7.36. The van der Waals surface area contributed by atoms with Crippen LogP contribution in [0.25, 0.3) is 11.3 Å². The monoisotopic (exact) mass is 455 g/mol. The summed E-state index contributed by atoms with van der Waals surface area (Å²) in [6, 6.07) is 15.7. The van der Waals surface area contributed by atoms with Gasteiger partial charge in [-0.15, -0.1) is 0 Å². The number of amides is 1. The highest BCUT2D eigenvalue weighted by molar-refractivity contribution is 7.90. The smallest absolute Gasteiger partial charge is 0.262 e. The first-order valence-electron chi connectivity index (χ1n) is 10.2. The average molecular weight is 456 g/mol. The van der Waals surface area contributed by atoms with E-state index >= 15 is 0 Å². The minimum Gasteiger partial charge on any atom is -0.461 e. The van der Waals surface area contributed by atoms with Gasteiger partial charge in [0.05, 0.1) is 10.5 Å². The van der Waals surface area contributed by atoms with Crippen LogP contribution >= 0.6 is 0 Å². The third-order valence-electron chi connectivity index (χ3n) is 4.95. The number of furan rings is 1. The van der Waals surface area contributed by atoms with E-state index in [-0.39, 0.29) is 23.0 Å². The molecule has 9 heteroatoms. The lowest BCUT2D eigenvalue weighted by Gasteiger charge is -2.10. The molecular formula is C23H22FN3O4S. The molecule has 4 rings (SSSR count). The van der Waals surface area contributed by atoms with Crippen molar-refractivity contribution in [2.45, 2.75) is 30.6 Å². The van der Waals surface area contributed by atoms with Crippen LogP contribution < -0.4 is 10.0 Å². The van der Waals surface area contributed by atoms with Crippen molar-refractivity contribution in [1.29, 1.82) is 0 Å². The molecule has 0 radical (unpaired) electrons. The minimum absolute atomic E-state index is 0.0467. The van der Waals surface area contributed by atoms with E-state index in [4.69, 9.17) is 4.42 Å². The van der Waals surface area contributed by atoms with Crippen molar-refractivity contribution >= 4 is 27.5 Å². The molecule has 0 atom stereocenters. The molecule has 1 aliphatic rings. The Morgan fingerprint density at radius 1 is 1.09 bits per heavy atom. The second-order valence-corrected chi connectivity index (χ2v) is 9.04. The van der Waals surface area contributed by atoms with Crippen molar-refractivity contribution in [1.82, 2.24) is 4.72 Å². The Morgan fingerprint density at radius 3 is 2.72 bits per heavy atom. The lowest BCUT2D eigenvalue weighted by Crippen LogP contribution is -2.29. The summed E-state index contributed by atoms with van der Waals surface area (Å²) in [6.07, 6.45) is 1.86. The number of nitrogens with zero attached hydrogens (tertiary/aromatic N) is 1. The van der Waals surface area contributed by atoms with Crippen molar-refractivity contribution in [3.8, 4) is 11.3 Å². The normalized spacial score (nSPS) is 13.6. The molecule has 3 aromatic rings. The maximum atomic E-state index is 13.9. The van der Waals surface area contributed by atoms with Crippen LogP contribution in [0.1, 0.15) is 25.0 Å². The molecule has 166 valence electrons. The first-order valence-corrected chi connectivity index (χ1v) is 11.7. The number of benzene rings is 2. The van der Waals surface area contributed by atoms with Crippen LogP contribution in [0, 0.1) is 5.82 Å². The number of nitrogens with one attached hydrogen (secondary N) is 2. The van der Waals surface area contributed by atoms with Gasteiger partial charge >= 0.3 is 0 Å². The molecule has 7 nitrogen and oxygen atoms in total. The first kappa shape index (κ1) is 21.8. The zero-order chi connectivity index (χ0) is 22.6. The molecule has 2 N–H and O–H groups in total. The van der Waals surface area contributed by atoms with Crippen LogP contribution in [0.2, 0.25) is 0 Å². The molecule has 0 bridgehead atoms. The zero-order valence-corrected chi connectivity index (χ0v) is 18.0. The first-order chi connectivity index (χ1) is 15.4. The van der Waals surface area contributed by atoms with Crippen LogP contribution in [-0.4, -0.2) is 26.7 Å². The summed E-state index contributed by atoms with van der Waals surface area (Å²) < 4.78 is 47.1. The van der Waals surface area contributed by atoms with E-state index in [1.807, 2.05) is 0 Å². The molecule has 0 fully saturated rings. The van der Waals surface area contributed by atoms with Gasteiger partial charge in [0.1, 0.15) is 23.2 Å². The third kappa shape index (κ3) is 5.23. The Balaban J connectivity index is 1.36. The van der Waals surface area contributed by atoms with Gasteiger partial charge in [0, 0.05) is 31.5 Å². The molecule has 1 aliphatic heterocycles. The second kappa shape index (κ2) is 9.35. The van der Waals surface area contributed by atoms with Gasteiger partial charge in [-0.1, -0.05) is 18.2 Å². The van der Waals surface area contributed by atoms with Crippen LogP contribution in [0.15, 0.2) is 75.0 Å². The highest BCUT2D eigenvalue weighted by Crippen LogP contribution is 2.25. The molecule has 0 saturated heterocycles. The van der Waals surface area contributed by atoms with Gasteiger partial charge in [-0.3, -0.25) is 14.5 Å². The Kier molecular flexibility index (Phi) is 6.36. The van der Waals surface area contributed by atoms with E-state index in [1.165, 1.54) is 18.2 Å². The summed E-state index contributed by atoms with van der Waals surface area (Å²) in [6.45, 7) is 0.616. The maximum absolute atomic E-state index is 13.9. The fourth-order valence-electron chi connectivity index (χ4n) is 3.36. The number of carbonyl (C=O) groups is 1. The number of anilines is 1. The van der Waals surface area contributed by atoms with Gasteiger partial charge in [0.25, 0.3) is 10.0 Å². The average Bonchev–Trinajstić information content (AvgIpc) is 3.45. The van der Waals surface area contributed by atoms with Crippen molar-refractivity contribution < 1.29 is 22.0 Å². The van der Waals surface area contributed by atoms with Gasteiger partial charge in [0.15, 0.2) is 0 Å². The number of amidine groups is 1. The quantitative estimate of drug-likeness (QED) is 0.559. The Hall–Kier alpha value is -3.46. The number of aliphatic imine (C=N–C) groups is 1. The van der Waals surface area contributed by atoms with Gasteiger partial charge in [-0.25, -0.2) is 12.8 Å². The van der Waals surface area contributed by atoms with E-state index in [9.17, 15) is 17.6 Å². The van der Waals surface area contributed by atoms with E-state index in [0.29, 0.717) is 48.0 Å². The van der Waals surface area contributed by atoms with Crippen LogP contribution in [0.4, 0.5) is 10.1 Å². The highest BCUT2D eigenvalue weighted by Gasteiger charge is 2.19. The van der Waals surface area contributed by atoms with Crippen molar-refractivity contribution in [2.75, 3.05) is 11.9 Å². The van der Waals surface area contributed by atoms with Crippen molar-refractivity contribution in [3.05, 3.63) is 72.2 Å². The number of sulfonamides is 1. The molecule has 0 aliphatic carbocycles. The standard InChI is InChI=1S/C23H22FN3O4S/c24-20-8-2-1-7-19(20)21-12-10-17(31-21)11-13-23(28)26-16-5-3-6-18(15-16)32(29,30)27-22-9-4-14-25-22/h1-3,5-8,10,12,15H,4,9,11,13-14H2,(H,25,27)(H,26,28). The summed E-state index contributed by atoms with van der Waals surface area (Å²) in [7, 11) is -3.76. The van der Waals surface area contributed by atoms with Crippen LogP contribution in [-0.2, 0) is 21.2 Å². The summed E-state index contributed by atoms with van der Waals surface area (Å²) in [5.41, 5.74) is 0.733. The molecule has 32 heavy (non-hydrogen) atoms. The van der Waals surface area contributed by atoms with E-state index in [0.717, 1.165) is 6.42 Å². The van der Waals surface area contributed by atoms with E-state index in [1.54, 1.807) is 42.5 Å². The van der Waals surface area contributed by atoms with Gasteiger partial charge in [-0.05, 0) is 48.9 Å². The predicted octanol–water partition coefficient (Wildman–Crippen LogP) is 4.13. The van der Waals surface area contributed by atoms with Crippen LogP contribution in [0.5, 0.6) is 0 Å². The number of carbonyl (C=O) groups excluding carboxylic acids is 1. The number of halogens is 1. The van der Waals surface area contributed by atoms with Crippen molar-refractivity contribution in [3.63, 3.8) is 0 Å². The number of aryl methyl sites for hydroxylation is 1. The third-order valence-corrected chi connectivity index (χ3v) is 6.33. The molecule has 0 saturated carbocycles. The van der Waals surface area contributed by atoms with E-state index in [2.05, 4.69) is 15.0 Å². The summed E-state index contributed by atoms with van der Waals surface area (Å²) >= 11 is 0.